The molecule has 1 fully saturated rings. The molecule has 1 aromatic carbocycles. The Hall–Kier alpha value is -2.25. The van der Waals surface area contributed by atoms with E-state index in [9.17, 15) is 4.79 Å². The lowest BCUT2D eigenvalue weighted by atomic mass is 10.1. The fourth-order valence-corrected chi connectivity index (χ4v) is 2.75. The average Bonchev–Trinajstić information content (AvgIpc) is 3.16. The first-order chi connectivity index (χ1) is 10.7. The summed E-state index contributed by atoms with van der Waals surface area (Å²) in [7, 11) is 0. The molecule has 1 saturated heterocycles. The minimum absolute atomic E-state index is 0.0121. The number of primary amides is 1. The second kappa shape index (κ2) is 6.25. The van der Waals surface area contributed by atoms with E-state index in [1.165, 1.54) is 0 Å². The first-order valence-corrected chi connectivity index (χ1v) is 7.23. The molecule has 1 aliphatic heterocycles. The highest BCUT2D eigenvalue weighted by atomic mass is 16.5. The molecule has 1 atom stereocenters. The SMILES string of the molecule is NC(=O)c1noc([C@H]2CCCN2Cc2ccc(CO)cc2)n1. The van der Waals surface area contributed by atoms with Crippen molar-refractivity contribution in [2.24, 2.45) is 5.73 Å². The monoisotopic (exact) mass is 302 g/mol. The number of carbonyl (C=O) groups is 1. The van der Waals surface area contributed by atoms with E-state index < -0.39 is 5.91 Å². The molecule has 1 amide bonds. The molecular weight excluding hydrogens is 284 g/mol. The molecule has 7 nitrogen and oxygen atoms in total. The van der Waals surface area contributed by atoms with E-state index in [2.05, 4.69) is 15.0 Å². The summed E-state index contributed by atoms with van der Waals surface area (Å²) in [6, 6.07) is 7.85. The largest absolute Gasteiger partial charge is 0.392 e. The van der Waals surface area contributed by atoms with E-state index >= 15 is 0 Å². The minimum atomic E-state index is -0.681. The number of hydrogen-bond donors (Lipinski definition) is 2. The van der Waals surface area contributed by atoms with Crippen LogP contribution in [0.15, 0.2) is 28.8 Å². The van der Waals surface area contributed by atoms with E-state index in [0.717, 1.165) is 37.1 Å². The Labute approximate surface area is 127 Å². The van der Waals surface area contributed by atoms with Gasteiger partial charge in [0.1, 0.15) is 0 Å². The van der Waals surface area contributed by atoms with Crippen LogP contribution in [0, 0.1) is 0 Å². The molecular formula is C15H18N4O3. The zero-order valence-electron chi connectivity index (χ0n) is 12.1. The maximum absolute atomic E-state index is 11.1. The number of nitrogens with two attached hydrogens (primary N) is 1. The molecule has 3 N–H and O–H groups in total. The Morgan fingerprint density at radius 3 is 2.73 bits per heavy atom. The van der Waals surface area contributed by atoms with Gasteiger partial charge in [-0.3, -0.25) is 9.69 Å². The molecule has 3 rings (SSSR count). The van der Waals surface area contributed by atoms with Gasteiger partial charge in [0.15, 0.2) is 0 Å². The van der Waals surface area contributed by atoms with Crippen LogP contribution < -0.4 is 5.73 Å². The van der Waals surface area contributed by atoms with Crippen molar-refractivity contribution in [3.63, 3.8) is 0 Å². The summed E-state index contributed by atoms with van der Waals surface area (Å²) in [4.78, 5) is 17.4. The number of aliphatic hydroxyl groups excluding tert-OH is 1. The molecule has 0 aliphatic carbocycles. The van der Waals surface area contributed by atoms with Crippen molar-refractivity contribution >= 4 is 5.91 Å². The number of aliphatic hydroxyl groups is 1. The van der Waals surface area contributed by atoms with Gasteiger partial charge in [0.2, 0.25) is 5.89 Å². The lowest BCUT2D eigenvalue weighted by molar-refractivity contribution is 0.0987. The molecule has 7 heteroatoms. The summed E-state index contributed by atoms with van der Waals surface area (Å²) in [6.07, 6.45) is 1.95. The number of amides is 1. The number of nitrogens with zero attached hydrogens (tertiary/aromatic N) is 3. The number of benzene rings is 1. The highest BCUT2D eigenvalue weighted by molar-refractivity contribution is 5.88. The van der Waals surface area contributed by atoms with Gasteiger partial charge >= 0.3 is 0 Å². The minimum Gasteiger partial charge on any atom is -0.392 e. The van der Waals surface area contributed by atoms with Crippen LogP contribution in [0.5, 0.6) is 0 Å². The number of aromatic nitrogens is 2. The maximum Gasteiger partial charge on any atom is 0.290 e. The predicted molar refractivity (Wildman–Crippen MR) is 77.6 cm³/mol. The van der Waals surface area contributed by atoms with Gasteiger partial charge in [-0.1, -0.05) is 29.4 Å². The molecule has 116 valence electrons. The smallest absolute Gasteiger partial charge is 0.290 e. The van der Waals surface area contributed by atoms with E-state index in [-0.39, 0.29) is 18.5 Å². The van der Waals surface area contributed by atoms with Crippen molar-refractivity contribution in [3.05, 3.63) is 47.1 Å². The molecule has 0 bridgehead atoms. The molecule has 2 heterocycles. The second-order valence-corrected chi connectivity index (χ2v) is 5.42. The van der Waals surface area contributed by atoms with Crippen LogP contribution >= 0.6 is 0 Å². The summed E-state index contributed by atoms with van der Waals surface area (Å²) < 4.78 is 5.18. The van der Waals surface area contributed by atoms with Crippen LogP contribution in [0.1, 0.15) is 46.5 Å². The zero-order valence-corrected chi connectivity index (χ0v) is 12.1. The van der Waals surface area contributed by atoms with Gasteiger partial charge in [0.25, 0.3) is 11.7 Å². The lowest BCUT2D eigenvalue weighted by Gasteiger charge is -2.21. The average molecular weight is 302 g/mol. The van der Waals surface area contributed by atoms with Gasteiger partial charge in [-0.2, -0.15) is 4.98 Å². The van der Waals surface area contributed by atoms with Crippen LogP contribution in [0.2, 0.25) is 0 Å². The lowest BCUT2D eigenvalue weighted by Crippen LogP contribution is -2.23. The second-order valence-electron chi connectivity index (χ2n) is 5.42. The molecule has 1 aliphatic rings. The molecule has 1 aromatic heterocycles. The van der Waals surface area contributed by atoms with Crippen molar-refractivity contribution in [1.82, 2.24) is 15.0 Å². The first kappa shape index (κ1) is 14.7. The molecule has 0 saturated carbocycles. The summed E-state index contributed by atoms with van der Waals surface area (Å²) in [6.45, 7) is 1.73. The molecule has 2 aromatic rings. The van der Waals surface area contributed by atoms with E-state index in [1.54, 1.807) is 0 Å². The standard InChI is InChI=1S/C15H18N4O3/c16-13(21)14-17-15(22-18-14)12-2-1-7-19(12)8-10-3-5-11(9-20)6-4-10/h3-6,12,20H,1-2,7-9H2,(H2,16,21)/t12-/m1/s1. The quantitative estimate of drug-likeness (QED) is 0.853. The highest BCUT2D eigenvalue weighted by Crippen LogP contribution is 2.32. The predicted octanol–water partition coefficient (Wildman–Crippen LogP) is 0.998. The third-order valence-corrected chi connectivity index (χ3v) is 3.90. The van der Waals surface area contributed by atoms with Gasteiger partial charge in [-0.15, -0.1) is 0 Å². The van der Waals surface area contributed by atoms with E-state index in [0.29, 0.717) is 5.89 Å². The van der Waals surface area contributed by atoms with Crippen molar-refractivity contribution in [1.29, 1.82) is 0 Å². The summed E-state index contributed by atoms with van der Waals surface area (Å²) in [5.74, 6) is -0.313. The highest BCUT2D eigenvalue weighted by Gasteiger charge is 2.31. The van der Waals surface area contributed by atoms with Gasteiger partial charge in [0.05, 0.1) is 12.6 Å². The summed E-state index contributed by atoms with van der Waals surface area (Å²) in [5, 5.41) is 12.7. The Morgan fingerprint density at radius 1 is 1.36 bits per heavy atom. The van der Waals surface area contributed by atoms with E-state index in [1.807, 2.05) is 24.3 Å². The van der Waals surface area contributed by atoms with Crippen molar-refractivity contribution in [2.75, 3.05) is 6.54 Å². The van der Waals surface area contributed by atoms with Crippen LogP contribution in [0.25, 0.3) is 0 Å². The van der Waals surface area contributed by atoms with Crippen molar-refractivity contribution < 1.29 is 14.4 Å². The number of hydrogen-bond acceptors (Lipinski definition) is 6. The van der Waals surface area contributed by atoms with Crippen LogP contribution in [-0.2, 0) is 13.2 Å². The molecule has 0 radical (unpaired) electrons. The van der Waals surface area contributed by atoms with Crippen LogP contribution in [-0.4, -0.2) is 32.6 Å². The van der Waals surface area contributed by atoms with Gasteiger partial charge < -0.3 is 15.4 Å². The number of likely N-dealkylation sites (tertiary alicyclic amines) is 1. The molecule has 0 unspecified atom stereocenters. The van der Waals surface area contributed by atoms with Gasteiger partial charge in [0, 0.05) is 6.54 Å². The van der Waals surface area contributed by atoms with Crippen LogP contribution in [0.3, 0.4) is 0 Å². The fraction of sp³-hybridized carbons (Fsp3) is 0.400. The third-order valence-electron chi connectivity index (χ3n) is 3.90. The van der Waals surface area contributed by atoms with Crippen molar-refractivity contribution in [3.8, 4) is 0 Å². The van der Waals surface area contributed by atoms with Crippen LogP contribution in [0.4, 0.5) is 0 Å². The molecule has 0 spiro atoms. The third kappa shape index (κ3) is 3.00. The van der Waals surface area contributed by atoms with Gasteiger partial charge in [-0.05, 0) is 30.5 Å². The first-order valence-electron chi connectivity index (χ1n) is 7.23. The van der Waals surface area contributed by atoms with E-state index in [4.69, 9.17) is 15.4 Å². The number of carbonyl (C=O) groups excluding carboxylic acids is 1. The molecule has 22 heavy (non-hydrogen) atoms. The Balaban J connectivity index is 1.73. The topological polar surface area (TPSA) is 105 Å². The Morgan fingerprint density at radius 2 is 2.09 bits per heavy atom. The maximum atomic E-state index is 11.1. The van der Waals surface area contributed by atoms with Crippen molar-refractivity contribution in [2.45, 2.75) is 32.0 Å². The zero-order chi connectivity index (χ0) is 15.5. The Bertz CT molecular complexity index is 653. The van der Waals surface area contributed by atoms with Gasteiger partial charge in [-0.25, -0.2) is 0 Å². The normalized spacial score (nSPS) is 18.7. The summed E-state index contributed by atoms with van der Waals surface area (Å²) in [5.41, 5.74) is 7.20. The summed E-state index contributed by atoms with van der Waals surface area (Å²) >= 11 is 0. The Kier molecular flexibility index (Phi) is 4.17. The fourth-order valence-electron chi connectivity index (χ4n) is 2.75. The number of rotatable bonds is 5.